The third-order valence-corrected chi connectivity index (χ3v) is 5.60. The third kappa shape index (κ3) is 2.02. The standard InChI is InChI=1S/C25H13N3O/c26-14-16-10-11-19-23-18(13-12-17(22(16)23)15-6-2-1-3-7-15)24-27-20-8-4-5-9-21(20)28(24)25(19)29/h1-13H. The number of pyridine rings is 1. The highest BCUT2D eigenvalue weighted by molar-refractivity contribution is 6.20. The molecule has 0 bridgehead atoms. The predicted molar refractivity (Wildman–Crippen MR) is 115 cm³/mol. The second-order valence-corrected chi connectivity index (χ2v) is 7.11. The Morgan fingerprint density at radius 2 is 1.55 bits per heavy atom. The number of rotatable bonds is 1. The lowest BCUT2D eigenvalue weighted by molar-refractivity contribution is 1.19. The van der Waals surface area contributed by atoms with Crippen molar-refractivity contribution in [2.45, 2.75) is 0 Å². The zero-order chi connectivity index (χ0) is 19.5. The molecule has 4 aromatic carbocycles. The van der Waals surface area contributed by atoms with E-state index in [-0.39, 0.29) is 5.56 Å². The van der Waals surface area contributed by atoms with Gasteiger partial charge in [-0.2, -0.15) is 5.26 Å². The fourth-order valence-electron chi connectivity index (χ4n) is 4.34. The van der Waals surface area contributed by atoms with E-state index < -0.39 is 0 Å². The van der Waals surface area contributed by atoms with Gasteiger partial charge in [0.25, 0.3) is 5.56 Å². The molecule has 0 spiro atoms. The van der Waals surface area contributed by atoms with Crippen LogP contribution in [0, 0.1) is 11.3 Å². The maximum atomic E-state index is 13.5. The summed E-state index contributed by atoms with van der Waals surface area (Å²) < 4.78 is 1.68. The van der Waals surface area contributed by atoms with Crippen LogP contribution in [-0.2, 0) is 0 Å². The van der Waals surface area contributed by atoms with Gasteiger partial charge in [0.1, 0.15) is 5.65 Å². The lowest BCUT2D eigenvalue weighted by Gasteiger charge is -2.13. The van der Waals surface area contributed by atoms with Gasteiger partial charge in [0.15, 0.2) is 0 Å². The quantitative estimate of drug-likeness (QED) is 0.402. The first-order valence-electron chi connectivity index (χ1n) is 9.36. The molecule has 0 atom stereocenters. The van der Waals surface area contributed by atoms with Crippen LogP contribution in [0.1, 0.15) is 5.56 Å². The number of hydrogen-bond donors (Lipinski definition) is 0. The van der Waals surface area contributed by atoms with Gasteiger partial charge in [-0.1, -0.05) is 48.5 Å². The van der Waals surface area contributed by atoms with Crippen molar-refractivity contribution >= 4 is 38.2 Å². The van der Waals surface area contributed by atoms with Gasteiger partial charge in [0.05, 0.1) is 22.7 Å². The van der Waals surface area contributed by atoms with Gasteiger partial charge < -0.3 is 0 Å². The highest BCUT2D eigenvalue weighted by Gasteiger charge is 2.19. The number of benzene rings is 4. The zero-order valence-corrected chi connectivity index (χ0v) is 15.3. The summed E-state index contributed by atoms with van der Waals surface area (Å²) >= 11 is 0. The van der Waals surface area contributed by atoms with E-state index in [9.17, 15) is 10.1 Å². The fraction of sp³-hybridized carbons (Fsp3) is 0. The molecule has 0 aliphatic heterocycles. The highest BCUT2D eigenvalue weighted by atomic mass is 16.1. The van der Waals surface area contributed by atoms with E-state index in [4.69, 9.17) is 4.98 Å². The van der Waals surface area contributed by atoms with Gasteiger partial charge in [0, 0.05) is 21.5 Å². The van der Waals surface area contributed by atoms with Crippen molar-refractivity contribution in [2.75, 3.05) is 0 Å². The number of para-hydroxylation sites is 2. The molecule has 29 heavy (non-hydrogen) atoms. The molecular weight excluding hydrogens is 358 g/mol. The Labute approximate surface area is 165 Å². The Bertz CT molecular complexity index is 1670. The van der Waals surface area contributed by atoms with Gasteiger partial charge in [-0.15, -0.1) is 0 Å². The molecule has 6 rings (SSSR count). The van der Waals surface area contributed by atoms with Crippen molar-refractivity contribution in [3.05, 3.63) is 94.8 Å². The Hall–Kier alpha value is -4.23. The summed E-state index contributed by atoms with van der Waals surface area (Å²) in [5.41, 5.74) is 4.61. The lowest BCUT2D eigenvalue weighted by atomic mass is 9.91. The molecule has 0 saturated carbocycles. The largest absolute Gasteiger partial charge is 0.268 e. The van der Waals surface area contributed by atoms with Gasteiger partial charge in [-0.25, -0.2) is 4.98 Å². The summed E-state index contributed by atoms with van der Waals surface area (Å²) in [6, 6.07) is 27.5. The molecule has 134 valence electrons. The maximum absolute atomic E-state index is 13.5. The summed E-state index contributed by atoms with van der Waals surface area (Å²) in [4.78, 5) is 18.2. The van der Waals surface area contributed by atoms with Gasteiger partial charge in [-0.05, 0) is 41.5 Å². The predicted octanol–water partition coefficient (Wildman–Crippen LogP) is 5.13. The maximum Gasteiger partial charge on any atom is 0.264 e. The summed E-state index contributed by atoms with van der Waals surface area (Å²) in [5.74, 6) is 0. The minimum absolute atomic E-state index is 0.110. The van der Waals surface area contributed by atoms with Crippen molar-refractivity contribution in [1.29, 1.82) is 5.26 Å². The van der Waals surface area contributed by atoms with Crippen LogP contribution in [0.3, 0.4) is 0 Å². The number of nitrogens with zero attached hydrogens (tertiary/aromatic N) is 3. The molecule has 0 aliphatic carbocycles. The lowest BCUT2D eigenvalue weighted by Crippen LogP contribution is -2.13. The fourth-order valence-corrected chi connectivity index (χ4v) is 4.34. The van der Waals surface area contributed by atoms with Crippen LogP contribution in [0.4, 0.5) is 0 Å². The SMILES string of the molecule is N#Cc1ccc2c(=O)n3c4ccccc4nc3c3ccc(-c4ccccc4)c1c23. The Balaban J connectivity index is 1.92. The number of fused-ring (bicyclic) bond motifs is 4. The molecule has 0 aliphatic rings. The Kier molecular flexibility index (Phi) is 3.07. The molecular formula is C25H13N3O. The first-order chi connectivity index (χ1) is 14.3. The van der Waals surface area contributed by atoms with Crippen molar-refractivity contribution in [3.63, 3.8) is 0 Å². The van der Waals surface area contributed by atoms with Crippen LogP contribution in [-0.4, -0.2) is 9.38 Å². The number of aromatic nitrogens is 2. The molecule has 4 heteroatoms. The van der Waals surface area contributed by atoms with Gasteiger partial charge in [-0.3, -0.25) is 9.20 Å². The minimum Gasteiger partial charge on any atom is -0.268 e. The first-order valence-corrected chi connectivity index (χ1v) is 9.36. The molecule has 0 fully saturated rings. The van der Waals surface area contributed by atoms with Crippen molar-refractivity contribution in [1.82, 2.24) is 9.38 Å². The van der Waals surface area contributed by atoms with Crippen molar-refractivity contribution in [2.24, 2.45) is 0 Å². The Morgan fingerprint density at radius 3 is 2.38 bits per heavy atom. The molecule has 0 saturated heterocycles. The molecule has 4 nitrogen and oxygen atoms in total. The van der Waals surface area contributed by atoms with E-state index in [1.54, 1.807) is 16.5 Å². The molecule has 6 aromatic rings. The van der Waals surface area contributed by atoms with E-state index in [2.05, 4.69) is 6.07 Å². The topological polar surface area (TPSA) is 58.2 Å². The summed E-state index contributed by atoms with van der Waals surface area (Å²) in [6.45, 7) is 0. The van der Waals surface area contributed by atoms with Gasteiger partial charge >= 0.3 is 0 Å². The minimum atomic E-state index is -0.110. The van der Waals surface area contributed by atoms with Crippen molar-refractivity contribution in [3.8, 4) is 17.2 Å². The van der Waals surface area contributed by atoms with Crippen LogP contribution in [0.25, 0.3) is 49.4 Å². The molecule has 2 heterocycles. The molecule has 0 unspecified atom stereocenters. The average molecular weight is 371 g/mol. The highest BCUT2D eigenvalue weighted by Crippen LogP contribution is 2.37. The van der Waals surface area contributed by atoms with Crippen LogP contribution < -0.4 is 5.56 Å². The van der Waals surface area contributed by atoms with Crippen LogP contribution in [0.2, 0.25) is 0 Å². The van der Waals surface area contributed by atoms with E-state index >= 15 is 0 Å². The van der Waals surface area contributed by atoms with Crippen molar-refractivity contribution < 1.29 is 0 Å². The second-order valence-electron chi connectivity index (χ2n) is 7.11. The monoisotopic (exact) mass is 371 g/mol. The zero-order valence-electron chi connectivity index (χ0n) is 15.3. The van der Waals surface area contributed by atoms with Crippen LogP contribution in [0.15, 0.2) is 83.7 Å². The summed E-state index contributed by atoms with van der Waals surface area (Å²) in [7, 11) is 0. The van der Waals surface area contributed by atoms with E-state index in [1.807, 2.05) is 66.7 Å². The Morgan fingerprint density at radius 1 is 0.793 bits per heavy atom. The van der Waals surface area contributed by atoms with E-state index in [0.29, 0.717) is 16.6 Å². The third-order valence-electron chi connectivity index (χ3n) is 5.60. The molecule has 0 N–H and O–H groups in total. The molecule has 2 aromatic heterocycles. The number of nitriles is 1. The smallest absolute Gasteiger partial charge is 0.264 e. The second kappa shape index (κ2) is 5.63. The first kappa shape index (κ1) is 15.8. The van der Waals surface area contributed by atoms with Gasteiger partial charge in [0.2, 0.25) is 0 Å². The van der Waals surface area contributed by atoms with Crippen LogP contribution in [0.5, 0.6) is 0 Å². The van der Waals surface area contributed by atoms with E-state index in [1.165, 1.54) is 0 Å². The number of imidazole rings is 1. The summed E-state index contributed by atoms with van der Waals surface area (Å²) in [6.07, 6.45) is 0. The molecule has 0 amide bonds. The average Bonchev–Trinajstić information content (AvgIpc) is 3.17. The molecule has 0 radical (unpaired) electrons. The summed E-state index contributed by atoms with van der Waals surface area (Å²) in [5, 5.41) is 12.9. The van der Waals surface area contributed by atoms with Crippen LogP contribution >= 0.6 is 0 Å². The van der Waals surface area contributed by atoms with E-state index in [0.717, 1.165) is 38.3 Å². The number of hydrogen-bond acceptors (Lipinski definition) is 3. The normalized spacial score (nSPS) is 11.6.